The van der Waals surface area contributed by atoms with E-state index in [0.717, 1.165) is 14.6 Å². The standard InChI is InChI=1S/C10H8BrNO2S3/c1-5-8(9(13)14)17-10(12-5)16-4-7-2-6(11)3-15-7/h2-3H,4H2,1H3,(H,13,14). The molecule has 0 amide bonds. The van der Waals surface area contributed by atoms with Crippen LogP contribution < -0.4 is 0 Å². The molecule has 3 nitrogen and oxygen atoms in total. The van der Waals surface area contributed by atoms with Gasteiger partial charge >= 0.3 is 5.97 Å². The SMILES string of the molecule is Cc1nc(SCc2cc(Br)cs2)sc1C(=O)O. The number of aromatic carboxylic acids is 1. The second-order valence-electron chi connectivity index (χ2n) is 3.22. The average Bonchev–Trinajstić information content (AvgIpc) is 2.82. The van der Waals surface area contributed by atoms with E-state index in [1.54, 1.807) is 30.0 Å². The topological polar surface area (TPSA) is 50.2 Å². The quantitative estimate of drug-likeness (QED) is 0.837. The minimum atomic E-state index is -0.897. The van der Waals surface area contributed by atoms with Gasteiger partial charge in [0, 0.05) is 20.5 Å². The third-order valence-electron chi connectivity index (χ3n) is 1.93. The highest BCUT2D eigenvalue weighted by atomic mass is 79.9. The Hall–Kier alpha value is -0.370. The minimum absolute atomic E-state index is 0.333. The highest BCUT2D eigenvalue weighted by molar-refractivity contribution is 9.10. The highest BCUT2D eigenvalue weighted by Gasteiger charge is 2.14. The average molecular weight is 350 g/mol. The number of halogens is 1. The summed E-state index contributed by atoms with van der Waals surface area (Å²) in [5.74, 6) is -0.0758. The van der Waals surface area contributed by atoms with Crippen LogP contribution in [0.15, 0.2) is 20.3 Å². The number of hydrogen-bond acceptors (Lipinski definition) is 5. The number of carboxylic acids is 1. The van der Waals surface area contributed by atoms with E-state index in [0.29, 0.717) is 10.6 Å². The van der Waals surface area contributed by atoms with Crippen LogP contribution in [0.5, 0.6) is 0 Å². The zero-order chi connectivity index (χ0) is 12.4. The molecule has 0 aliphatic heterocycles. The second kappa shape index (κ2) is 5.51. The number of nitrogens with zero attached hydrogens (tertiary/aromatic N) is 1. The molecule has 0 aliphatic carbocycles. The predicted octanol–water partition coefficient (Wildman–Crippen LogP) is 4.27. The van der Waals surface area contributed by atoms with E-state index in [1.165, 1.54) is 16.2 Å². The van der Waals surface area contributed by atoms with Crippen molar-refractivity contribution in [2.24, 2.45) is 0 Å². The summed E-state index contributed by atoms with van der Waals surface area (Å²) in [5, 5.41) is 11.0. The number of thiophene rings is 1. The van der Waals surface area contributed by atoms with Crippen molar-refractivity contribution >= 4 is 56.3 Å². The summed E-state index contributed by atoms with van der Waals surface area (Å²) in [6, 6.07) is 2.07. The molecule has 1 N–H and O–H groups in total. The summed E-state index contributed by atoms with van der Waals surface area (Å²) in [6.45, 7) is 1.73. The fraction of sp³-hybridized carbons (Fsp3) is 0.200. The number of carboxylic acid groups (broad SMARTS) is 1. The van der Waals surface area contributed by atoms with Gasteiger partial charge in [-0.1, -0.05) is 11.8 Å². The second-order valence-corrected chi connectivity index (χ2v) is 7.35. The summed E-state index contributed by atoms with van der Waals surface area (Å²) in [7, 11) is 0. The third-order valence-corrected chi connectivity index (χ3v) is 6.15. The number of carbonyl (C=O) groups is 1. The Morgan fingerprint density at radius 2 is 2.41 bits per heavy atom. The van der Waals surface area contributed by atoms with Gasteiger partial charge in [0.15, 0.2) is 4.34 Å². The summed E-state index contributed by atoms with van der Waals surface area (Å²) in [4.78, 5) is 16.7. The Morgan fingerprint density at radius 3 is 2.94 bits per heavy atom. The maximum Gasteiger partial charge on any atom is 0.347 e. The molecule has 0 atom stereocenters. The Bertz CT molecular complexity index is 549. The fourth-order valence-electron chi connectivity index (χ4n) is 1.19. The van der Waals surface area contributed by atoms with Crippen LogP contribution in [-0.4, -0.2) is 16.1 Å². The first-order valence-electron chi connectivity index (χ1n) is 4.62. The van der Waals surface area contributed by atoms with Gasteiger partial charge in [-0.25, -0.2) is 9.78 Å². The van der Waals surface area contributed by atoms with E-state index in [-0.39, 0.29) is 0 Å². The molecular formula is C10H8BrNO2S3. The molecule has 2 aromatic rings. The third kappa shape index (κ3) is 3.31. The van der Waals surface area contributed by atoms with Gasteiger partial charge in [-0.3, -0.25) is 0 Å². The first-order valence-corrected chi connectivity index (χ1v) is 8.10. The van der Waals surface area contributed by atoms with Crippen LogP contribution in [0.25, 0.3) is 0 Å². The first-order chi connectivity index (χ1) is 8.06. The van der Waals surface area contributed by atoms with Crippen LogP contribution in [0.4, 0.5) is 0 Å². The van der Waals surface area contributed by atoms with E-state index >= 15 is 0 Å². The predicted molar refractivity (Wildman–Crippen MR) is 75.4 cm³/mol. The van der Waals surface area contributed by atoms with E-state index in [9.17, 15) is 4.79 Å². The maximum atomic E-state index is 10.9. The first kappa shape index (κ1) is 13.1. The van der Waals surface area contributed by atoms with Crippen LogP contribution in [0.1, 0.15) is 20.2 Å². The Kier molecular flexibility index (Phi) is 4.24. The van der Waals surface area contributed by atoms with Crippen molar-refractivity contribution in [1.82, 2.24) is 4.98 Å². The molecule has 17 heavy (non-hydrogen) atoms. The zero-order valence-corrected chi connectivity index (χ0v) is 12.8. The molecule has 0 aliphatic rings. The van der Waals surface area contributed by atoms with E-state index in [4.69, 9.17) is 5.11 Å². The normalized spacial score (nSPS) is 10.7. The van der Waals surface area contributed by atoms with Gasteiger partial charge in [-0.15, -0.1) is 22.7 Å². The molecule has 2 rings (SSSR count). The molecule has 0 bridgehead atoms. The lowest BCUT2D eigenvalue weighted by molar-refractivity contribution is 0.0701. The molecule has 0 fully saturated rings. The lowest BCUT2D eigenvalue weighted by Gasteiger charge is -1.92. The maximum absolute atomic E-state index is 10.9. The van der Waals surface area contributed by atoms with Crippen molar-refractivity contribution in [3.05, 3.63) is 31.4 Å². The summed E-state index contributed by atoms with van der Waals surface area (Å²) in [6.07, 6.45) is 0. The van der Waals surface area contributed by atoms with Gasteiger partial charge < -0.3 is 5.11 Å². The van der Waals surface area contributed by atoms with Gasteiger partial charge in [0.05, 0.1) is 5.69 Å². The number of aromatic nitrogens is 1. The van der Waals surface area contributed by atoms with Gasteiger partial charge in [-0.05, 0) is 28.9 Å². The molecule has 90 valence electrons. The Labute approximate surface area is 119 Å². The molecule has 0 spiro atoms. The van der Waals surface area contributed by atoms with Gasteiger partial charge in [-0.2, -0.15) is 0 Å². The van der Waals surface area contributed by atoms with Crippen LogP contribution in [0.2, 0.25) is 0 Å². The van der Waals surface area contributed by atoms with E-state index in [2.05, 4.69) is 27.0 Å². The monoisotopic (exact) mass is 349 g/mol. The summed E-state index contributed by atoms with van der Waals surface area (Å²) < 4.78 is 1.89. The summed E-state index contributed by atoms with van der Waals surface area (Å²) in [5.41, 5.74) is 0.595. The largest absolute Gasteiger partial charge is 0.477 e. The molecule has 0 unspecified atom stereocenters. The van der Waals surface area contributed by atoms with Crippen LogP contribution in [-0.2, 0) is 5.75 Å². The minimum Gasteiger partial charge on any atom is -0.477 e. The van der Waals surface area contributed by atoms with Gasteiger partial charge in [0.1, 0.15) is 4.88 Å². The van der Waals surface area contributed by atoms with Crippen molar-refractivity contribution < 1.29 is 9.90 Å². The van der Waals surface area contributed by atoms with Crippen LogP contribution in [0, 0.1) is 6.92 Å². The Balaban J connectivity index is 2.04. The Morgan fingerprint density at radius 1 is 1.65 bits per heavy atom. The molecule has 0 radical (unpaired) electrons. The smallest absolute Gasteiger partial charge is 0.347 e. The van der Waals surface area contributed by atoms with Crippen molar-refractivity contribution in [1.29, 1.82) is 0 Å². The van der Waals surface area contributed by atoms with Crippen molar-refractivity contribution in [3.63, 3.8) is 0 Å². The number of thiazole rings is 1. The van der Waals surface area contributed by atoms with Crippen LogP contribution >= 0.6 is 50.4 Å². The van der Waals surface area contributed by atoms with E-state index in [1.807, 2.05) is 5.38 Å². The number of aryl methyl sites for hydroxylation is 1. The lowest BCUT2D eigenvalue weighted by atomic mass is 10.4. The van der Waals surface area contributed by atoms with Crippen molar-refractivity contribution in [2.75, 3.05) is 0 Å². The molecule has 2 heterocycles. The number of rotatable bonds is 4. The fourth-order valence-corrected chi connectivity index (χ4v) is 4.73. The molecule has 0 saturated carbocycles. The zero-order valence-electron chi connectivity index (χ0n) is 8.77. The van der Waals surface area contributed by atoms with E-state index < -0.39 is 5.97 Å². The molecule has 2 aromatic heterocycles. The highest BCUT2D eigenvalue weighted by Crippen LogP contribution is 2.32. The number of hydrogen-bond donors (Lipinski definition) is 1. The van der Waals surface area contributed by atoms with Gasteiger partial charge in [0.2, 0.25) is 0 Å². The van der Waals surface area contributed by atoms with Crippen molar-refractivity contribution in [3.8, 4) is 0 Å². The molecule has 0 aromatic carbocycles. The number of thioether (sulfide) groups is 1. The van der Waals surface area contributed by atoms with Gasteiger partial charge in [0.25, 0.3) is 0 Å². The molecule has 0 saturated heterocycles. The molecule has 7 heteroatoms. The van der Waals surface area contributed by atoms with Crippen LogP contribution in [0.3, 0.4) is 0 Å². The molecular weight excluding hydrogens is 342 g/mol. The van der Waals surface area contributed by atoms with Crippen molar-refractivity contribution in [2.45, 2.75) is 17.0 Å². The summed E-state index contributed by atoms with van der Waals surface area (Å²) >= 11 is 7.89. The lowest BCUT2D eigenvalue weighted by Crippen LogP contribution is -1.94.